The number of nitrogens with two attached hydrogens (primary N) is 1. The Morgan fingerprint density at radius 2 is 1.94 bits per heavy atom. The zero-order chi connectivity index (χ0) is 12.0. The van der Waals surface area contributed by atoms with Crippen molar-refractivity contribution in [2.24, 2.45) is 5.73 Å². The summed E-state index contributed by atoms with van der Waals surface area (Å²) in [5, 5.41) is 0.786. The Morgan fingerprint density at radius 3 is 2.50 bits per heavy atom. The third-order valence-corrected chi connectivity index (χ3v) is 2.82. The van der Waals surface area contributed by atoms with E-state index in [0.717, 1.165) is 31.0 Å². The van der Waals surface area contributed by atoms with Gasteiger partial charge in [-0.05, 0) is 31.2 Å². The SMILES string of the molecule is CCCC(N)CN(C)Cc1ccc(Cl)cc1. The maximum Gasteiger partial charge on any atom is 0.0406 e. The molecule has 0 aromatic heterocycles. The third-order valence-electron chi connectivity index (χ3n) is 2.57. The van der Waals surface area contributed by atoms with Gasteiger partial charge in [-0.1, -0.05) is 37.1 Å². The molecule has 0 radical (unpaired) electrons. The number of benzene rings is 1. The lowest BCUT2D eigenvalue weighted by Crippen LogP contribution is -2.34. The Hall–Kier alpha value is -0.570. The van der Waals surface area contributed by atoms with Gasteiger partial charge in [-0.3, -0.25) is 0 Å². The molecule has 0 saturated heterocycles. The van der Waals surface area contributed by atoms with Crippen molar-refractivity contribution in [3.63, 3.8) is 0 Å². The summed E-state index contributed by atoms with van der Waals surface area (Å²) in [4.78, 5) is 2.25. The molecule has 0 fully saturated rings. The third kappa shape index (κ3) is 4.97. The van der Waals surface area contributed by atoms with E-state index in [0.29, 0.717) is 0 Å². The minimum atomic E-state index is 0.280. The van der Waals surface area contributed by atoms with Crippen molar-refractivity contribution in [1.29, 1.82) is 0 Å². The van der Waals surface area contributed by atoms with Gasteiger partial charge in [-0.15, -0.1) is 0 Å². The molecule has 0 spiro atoms. The van der Waals surface area contributed by atoms with Gasteiger partial charge in [0.15, 0.2) is 0 Å². The van der Waals surface area contributed by atoms with Gasteiger partial charge < -0.3 is 10.6 Å². The Balaban J connectivity index is 2.39. The molecule has 0 saturated carbocycles. The van der Waals surface area contributed by atoms with Gasteiger partial charge in [0.05, 0.1) is 0 Å². The maximum atomic E-state index is 6.00. The molecule has 16 heavy (non-hydrogen) atoms. The highest BCUT2D eigenvalue weighted by Gasteiger charge is 2.06. The molecule has 0 aliphatic rings. The fourth-order valence-corrected chi connectivity index (χ4v) is 1.95. The summed E-state index contributed by atoms with van der Waals surface area (Å²) in [6.45, 7) is 4.03. The first-order chi connectivity index (χ1) is 7.61. The van der Waals surface area contributed by atoms with Crippen molar-refractivity contribution in [3.8, 4) is 0 Å². The van der Waals surface area contributed by atoms with Crippen LogP contribution in [0.3, 0.4) is 0 Å². The molecule has 0 bridgehead atoms. The molecule has 1 unspecified atom stereocenters. The van der Waals surface area contributed by atoms with Crippen molar-refractivity contribution in [2.75, 3.05) is 13.6 Å². The normalized spacial score (nSPS) is 13.1. The number of nitrogens with zero attached hydrogens (tertiary/aromatic N) is 1. The minimum Gasteiger partial charge on any atom is -0.327 e. The van der Waals surface area contributed by atoms with Gasteiger partial charge in [-0.2, -0.15) is 0 Å². The van der Waals surface area contributed by atoms with Crippen LogP contribution in [0.2, 0.25) is 5.02 Å². The van der Waals surface area contributed by atoms with Gasteiger partial charge in [0.1, 0.15) is 0 Å². The molecule has 1 aromatic rings. The molecule has 1 atom stereocenters. The quantitative estimate of drug-likeness (QED) is 0.829. The number of likely N-dealkylation sites (N-methyl/N-ethyl adjacent to an activating group) is 1. The van der Waals surface area contributed by atoms with E-state index < -0.39 is 0 Å². The molecular formula is C13H21ClN2. The Morgan fingerprint density at radius 1 is 1.31 bits per heavy atom. The van der Waals surface area contributed by atoms with E-state index in [2.05, 4.69) is 31.0 Å². The van der Waals surface area contributed by atoms with Crippen LogP contribution in [0.5, 0.6) is 0 Å². The molecule has 2 nitrogen and oxygen atoms in total. The topological polar surface area (TPSA) is 29.3 Å². The average molecular weight is 241 g/mol. The first-order valence-corrected chi connectivity index (χ1v) is 6.18. The van der Waals surface area contributed by atoms with E-state index in [9.17, 15) is 0 Å². The standard InChI is InChI=1S/C13H21ClN2/c1-3-4-13(15)10-16(2)9-11-5-7-12(14)8-6-11/h5-8,13H,3-4,9-10,15H2,1-2H3. The van der Waals surface area contributed by atoms with Gasteiger partial charge >= 0.3 is 0 Å². The van der Waals surface area contributed by atoms with Gasteiger partial charge in [0.25, 0.3) is 0 Å². The second kappa shape index (κ2) is 6.89. The fourth-order valence-electron chi connectivity index (χ4n) is 1.83. The first kappa shape index (κ1) is 13.5. The lowest BCUT2D eigenvalue weighted by atomic mass is 10.1. The number of hydrogen-bond acceptors (Lipinski definition) is 2. The molecule has 0 heterocycles. The average Bonchev–Trinajstić information content (AvgIpc) is 2.21. The minimum absolute atomic E-state index is 0.280. The van der Waals surface area contributed by atoms with Gasteiger partial charge in [0, 0.05) is 24.2 Å². The lowest BCUT2D eigenvalue weighted by Gasteiger charge is -2.21. The summed E-state index contributed by atoms with van der Waals surface area (Å²) in [6.07, 6.45) is 2.24. The van der Waals surface area contributed by atoms with Crippen molar-refractivity contribution >= 4 is 11.6 Å². The van der Waals surface area contributed by atoms with Gasteiger partial charge in [0.2, 0.25) is 0 Å². The van der Waals surface area contributed by atoms with Crippen LogP contribution in [0.15, 0.2) is 24.3 Å². The molecule has 90 valence electrons. The molecule has 1 aromatic carbocycles. The summed E-state index contributed by atoms with van der Waals surface area (Å²) in [5.41, 5.74) is 7.27. The predicted molar refractivity (Wildman–Crippen MR) is 70.7 cm³/mol. The summed E-state index contributed by atoms with van der Waals surface area (Å²) < 4.78 is 0. The molecule has 0 aliphatic heterocycles. The second-order valence-corrected chi connectivity index (χ2v) is 4.81. The van der Waals surface area contributed by atoms with Crippen molar-refractivity contribution in [1.82, 2.24) is 4.90 Å². The second-order valence-electron chi connectivity index (χ2n) is 4.37. The van der Waals surface area contributed by atoms with E-state index in [1.807, 2.05) is 12.1 Å². The van der Waals surface area contributed by atoms with Crippen LogP contribution in [0.4, 0.5) is 0 Å². The molecular weight excluding hydrogens is 220 g/mol. The summed E-state index contributed by atoms with van der Waals surface area (Å²) in [6, 6.07) is 8.25. The van der Waals surface area contributed by atoms with Crippen LogP contribution in [-0.4, -0.2) is 24.5 Å². The predicted octanol–water partition coefficient (Wildman–Crippen LogP) is 2.90. The summed E-state index contributed by atoms with van der Waals surface area (Å²) in [7, 11) is 2.10. The monoisotopic (exact) mass is 240 g/mol. The Bertz CT molecular complexity index is 297. The Labute approximate surface area is 103 Å². The van der Waals surface area contributed by atoms with Crippen LogP contribution in [0.1, 0.15) is 25.3 Å². The van der Waals surface area contributed by atoms with Crippen molar-refractivity contribution in [2.45, 2.75) is 32.4 Å². The number of rotatable bonds is 6. The highest BCUT2D eigenvalue weighted by atomic mass is 35.5. The zero-order valence-corrected chi connectivity index (χ0v) is 10.9. The van der Waals surface area contributed by atoms with Crippen LogP contribution < -0.4 is 5.73 Å². The van der Waals surface area contributed by atoms with Crippen LogP contribution in [-0.2, 0) is 6.54 Å². The summed E-state index contributed by atoms with van der Waals surface area (Å²) in [5.74, 6) is 0. The van der Waals surface area contributed by atoms with E-state index >= 15 is 0 Å². The smallest absolute Gasteiger partial charge is 0.0406 e. The number of halogens is 1. The maximum absolute atomic E-state index is 6.00. The first-order valence-electron chi connectivity index (χ1n) is 5.80. The van der Waals surface area contributed by atoms with Crippen LogP contribution >= 0.6 is 11.6 Å². The van der Waals surface area contributed by atoms with Crippen molar-refractivity contribution in [3.05, 3.63) is 34.9 Å². The van der Waals surface area contributed by atoms with Crippen molar-refractivity contribution < 1.29 is 0 Å². The Kier molecular flexibility index (Phi) is 5.81. The molecule has 3 heteroatoms. The fraction of sp³-hybridized carbons (Fsp3) is 0.538. The summed E-state index contributed by atoms with van der Waals surface area (Å²) >= 11 is 5.84. The molecule has 2 N–H and O–H groups in total. The number of hydrogen-bond donors (Lipinski definition) is 1. The molecule has 0 amide bonds. The van der Waals surface area contributed by atoms with E-state index in [4.69, 9.17) is 17.3 Å². The van der Waals surface area contributed by atoms with Gasteiger partial charge in [-0.25, -0.2) is 0 Å². The zero-order valence-electron chi connectivity index (χ0n) is 10.1. The van der Waals surface area contributed by atoms with Crippen LogP contribution in [0, 0.1) is 0 Å². The molecule has 0 aliphatic carbocycles. The van der Waals surface area contributed by atoms with Crippen LogP contribution in [0.25, 0.3) is 0 Å². The van der Waals surface area contributed by atoms with E-state index in [-0.39, 0.29) is 6.04 Å². The highest BCUT2D eigenvalue weighted by molar-refractivity contribution is 6.30. The molecule has 1 rings (SSSR count). The lowest BCUT2D eigenvalue weighted by molar-refractivity contribution is 0.297. The largest absolute Gasteiger partial charge is 0.327 e. The van der Waals surface area contributed by atoms with E-state index in [1.54, 1.807) is 0 Å². The highest BCUT2D eigenvalue weighted by Crippen LogP contribution is 2.11. The van der Waals surface area contributed by atoms with E-state index in [1.165, 1.54) is 5.56 Å².